The van der Waals surface area contributed by atoms with Gasteiger partial charge in [0.05, 0.1) is 32.8 Å². The minimum atomic E-state index is -0.656. The van der Waals surface area contributed by atoms with Gasteiger partial charge in [-0.2, -0.15) is 0 Å². The second-order valence-electron chi connectivity index (χ2n) is 4.46. The fraction of sp³-hybridized carbons (Fsp3) is 0.133. The summed E-state index contributed by atoms with van der Waals surface area (Å²) < 4.78 is 10.2. The Kier molecular flexibility index (Phi) is 5.87. The number of phenols is 1. The number of hydrogen-bond acceptors (Lipinski definition) is 4. The molecule has 0 fully saturated rings. The zero-order valence-corrected chi connectivity index (χ0v) is 14.7. The molecule has 0 aliphatic carbocycles. The molecule has 23 heavy (non-hydrogen) atoms. The van der Waals surface area contributed by atoms with Gasteiger partial charge in [0.25, 0.3) is 0 Å². The molecule has 0 spiro atoms. The van der Waals surface area contributed by atoms with Crippen LogP contribution >= 0.6 is 46.4 Å². The maximum atomic E-state index is 12.0. The normalized spacial score (nSPS) is 10.5. The summed E-state index contributed by atoms with van der Waals surface area (Å²) in [6.07, 6.45) is 0. The maximum absolute atomic E-state index is 12.0. The molecule has 0 aliphatic heterocycles. The Morgan fingerprint density at radius 1 is 1.00 bits per heavy atom. The third kappa shape index (κ3) is 4.15. The number of halogens is 4. The first-order valence-electron chi connectivity index (χ1n) is 6.20. The molecular weight excluding hydrogens is 386 g/mol. The molecule has 0 unspecified atom stereocenters. The number of carbonyl (C=O) groups excluding carboxylic acids is 1. The fourth-order valence-electron chi connectivity index (χ4n) is 1.81. The molecular formula is C15H10Cl4O4. The van der Waals surface area contributed by atoms with Crippen molar-refractivity contribution in [3.8, 4) is 11.5 Å². The van der Waals surface area contributed by atoms with E-state index in [2.05, 4.69) is 0 Å². The molecule has 4 nitrogen and oxygen atoms in total. The van der Waals surface area contributed by atoms with Gasteiger partial charge in [0, 0.05) is 0 Å². The summed E-state index contributed by atoms with van der Waals surface area (Å²) in [5, 5.41) is 10.0. The van der Waals surface area contributed by atoms with Crippen LogP contribution in [0.4, 0.5) is 0 Å². The fourth-order valence-corrected chi connectivity index (χ4v) is 2.98. The SMILES string of the molecule is COc1c(Cl)cc(COC(=O)c2cc(Cl)c(O)c(Cl)c2)cc1Cl. The molecule has 0 saturated heterocycles. The van der Waals surface area contributed by atoms with Gasteiger partial charge in [0.2, 0.25) is 0 Å². The van der Waals surface area contributed by atoms with Crippen LogP contribution in [0, 0.1) is 0 Å². The quantitative estimate of drug-likeness (QED) is 0.706. The van der Waals surface area contributed by atoms with Crippen molar-refractivity contribution in [1.82, 2.24) is 0 Å². The molecule has 1 N–H and O–H groups in total. The van der Waals surface area contributed by atoms with E-state index in [0.717, 1.165) is 0 Å². The number of rotatable bonds is 4. The van der Waals surface area contributed by atoms with Crippen LogP contribution in [0.5, 0.6) is 11.5 Å². The summed E-state index contributed by atoms with van der Waals surface area (Å²) in [5.41, 5.74) is 0.702. The predicted octanol–water partition coefficient (Wildman–Crippen LogP) is 5.37. The minimum Gasteiger partial charge on any atom is -0.505 e. The maximum Gasteiger partial charge on any atom is 0.338 e. The molecule has 0 heterocycles. The second-order valence-corrected chi connectivity index (χ2v) is 6.09. The number of hydrogen-bond donors (Lipinski definition) is 1. The highest BCUT2D eigenvalue weighted by Gasteiger charge is 2.15. The van der Waals surface area contributed by atoms with Crippen molar-refractivity contribution in [1.29, 1.82) is 0 Å². The molecule has 0 saturated carbocycles. The number of phenolic OH excluding ortho intramolecular Hbond substituents is 1. The van der Waals surface area contributed by atoms with Crippen LogP contribution in [-0.4, -0.2) is 18.2 Å². The zero-order chi connectivity index (χ0) is 17.1. The summed E-state index contributed by atoms with van der Waals surface area (Å²) in [7, 11) is 1.45. The Bertz CT molecular complexity index is 715. The lowest BCUT2D eigenvalue weighted by molar-refractivity contribution is 0.0472. The average molecular weight is 396 g/mol. The van der Waals surface area contributed by atoms with Gasteiger partial charge >= 0.3 is 5.97 Å². The van der Waals surface area contributed by atoms with E-state index in [1.807, 2.05) is 0 Å². The second kappa shape index (κ2) is 7.49. The first-order chi connectivity index (χ1) is 10.8. The summed E-state index contributed by atoms with van der Waals surface area (Å²) in [4.78, 5) is 12.0. The van der Waals surface area contributed by atoms with Crippen molar-refractivity contribution in [3.63, 3.8) is 0 Å². The largest absolute Gasteiger partial charge is 0.505 e. The highest BCUT2D eigenvalue weighted by atomic mass is 35.5. The molecule has 0 bridgehead atoms. The van der Waals surface area contributed by atoms with Gasteiger partial charge in [-0.15, -0.1) is 0 Å². The summed E-state index contributed by atoms with van der Waals surface area (Å²) in [6, 6.07) is 5.69. The van der Waals surface area contributed by atoms with Gasteiger partial charge in [-0.3, -0.25) is 0 Å². The van der Waals surface area contributed by atoms with Gasteiger partial charge in [0.15, 0.2) is 11.5 Å². The number of aromatic hydroxyl groups is 1. The number of ether oxygens (including phenoxy) is 2. The Morgan fingerprint density at radius 3 is 2.00 bits per heavy atom. The van der Waals surface area contributed by atoms with E-state index < -0.39 is 5.97 Å². The molecule has 2 rings (SSSR count). The van der Waals surface area contributed by atoms with Crippen molar-refractivity contribution < 1.29 is 19.4 Å². The summed E-state index contributed by atoms with van der Waals surface area (Å²) in [5.74, 6) is -0.601. The van der Waals surface area contributed by atoms with Crippen LogP contribution in [0.1, 0.15) is 15.9 Å². The average Bonchev–Trinajstić information content (AvgIpc) is 2.49. The van der Waals surface area contributed by atoms with E-state index in [0.29, 0.717) is 21.4 Å². The van der Waals surface area contributed by atoms with Crippen LogP contribution in [0.25, 0.3) is 0 Å². The topological polar surface area (TPSA) is 55.8 Å². The molecule has 0 aliphatic rings. The lowest BCUT2D eigenvalue weighted by atomic mass is 10.2. The van der Waals surface area contributed by atoms with Crippen molar-refractivity contribution in [2.45, 2.75) is 6.61 Å². The van der Waals surface area contributed by atoms with Crippen molar-refractivity contribution in [3.05, 3.63) is 55.5 Å². The molecule has 2 aromatic rings. The zero-order valence-electron chi connectivity index (χ0n) is 11.7. The molecule has 0 aromatic heterocycles. The number of benzene rings is 2. The van der Waals surface area contributed by atoms with E-state index in [9.17, 15) is 9.90 Å². The lowest BCUT2D eigenvalue weighted by Gasteiger charge is -2.10. The van der Waals surface area contributed by atoms with Crippen LogP contribution in [0.3, 0.4) is 0 Å². The summed E-state index contributed by atoms with van der Waals surface area (Å²) >= 11 is 23.6. The van der Waals surface area contributed by atoms with Gasteiger partial charge in [-0.25, -0.2) is 4.79 Å². The van der Waals surface area contributed by atoms with Crippen LogP contribution in [-0.2, 0) is 11.3 Å². The van der Waals surface area contributed by atoms with E-state index in [4.69, 9.17) is 55.9 Å². The highest BCUT2D eigenvalue weighted by Crippen LogP contribution is 2.35. The Hall–Kier alpha value is -1.33. The Balaban J connectivity index is 2.13. The van der Waals surface area contributed by atoms with Crippen LogP contribution in [0.2, 0.25) is 20.1 Å². The van der Waals surface area contributed by atoms with Crippen LogP contribution < -0.4 is 4.74 Å². The first-order valence-corrected chi connectivity index (χ1v) is 7.71. The monoisotopic (exact) mass is 394 g/mol. The predicted molar refractivity (Wildman–Crippen MR) is 90.3 cm³/mol. The Morgan fingerprint density at radius 2 is 1.52 bits per heavy atom. The van der Waals surface area contributed by atoms with Gasteiger partial charge in [0.1, 0.15) is 6.61 Å². The molecule has 0 amide bonds. The van der Waals surface area contributed by atoms with Crippen LogP contribution in [0.15, 0.2) is 24.3 Å². The van der Waals surface area contributed by atoms with E-state index in [-0.39, 0.29) is 28.0 Å². The standard InChI is InChI=1S/C15H10Cl4O4/c1-22-14-11(18)2-7(3-12(14)19)6-23-15(21)8-4-9(16)13(20)10(17)5-8/h2-5,20H,6H2,1H3. The smallest absolute Gasteiger partial charge is 0.338 e. The van der Waals surface area contributed by atoms with Crippen molar-refractivity contribution in [2.75, 3.05) is 7.11 Å². The number of esters is 1. The van der Waals surface area contributed by atoms with Crippen molar-refractivity contribution in [2.24, 2.45) is 0 Å². The van der Waals surface area contributed by atoms with Gasteiger partial charge in [-0.1, -0.05) is 46.4 Å². The lowest BCUT2D eigenvalue weighted by Crippen LogP contribution is -2.05. The first kappa shape index (κ1) is 18.0. The third-order valence-electron chi connectivity index (χ3n) is 2.88. The minimum absolute atomic E-state index is 0.0417. The highest BCUT2D eigenvalue weighted by molar-refractivity contribution is 6.38. The number of methoxy groups -OCH3 is 1. The Labute approximate surface area is 152 Å². The molecule has 122 valence electrons. The van der Waals surface area contributed by atoms with E-state index in [1.54, 1.807) is 12.1 Å². The summed E-state index contributed by atoms with van der Waals surface area (Å²) in [6.45, 7) is -0.0572. The van der Waals surface area contributed by atoms with Gasteiger partial charge < -0.3 is 14.6 Å². The third-order valence-corrected chi connectivity index (χ3v) is 4.02. The molecule has 0 radical (unpaired) electrons. The van der Waals surface area contributed by atoms with Crippen molar-refractivity contribution >= 4 is 52.4 Å². The van der Waals surface area contributed by atoms with E-state index >= 15 is 0 Å². The number of carbonyl (C=O) groups is 1. The van der Waals surface area contributed by atoms with E-state index in [1.165, 1.54) is 19.2 Å². The molecule has 0 atom stereocenters. The molecule has 2 aromatic carbocycles. The molecule has 8 heteroatoms. The van der Waals surface area contributed by atoms with Gasteiger partial charge in [-0.05, 0) is 29.8 Å².